The summed E-state index contributed by atoms with van der Waals surface area (Å²) in [6.07, 6.45) is 5.44. The molecule has 0 aromatic rings. The van der Waals surface area contributed by atoms with Crippen molar-refractivity contribution in [1.29, 1.82) is 0 Å². The number of rotatable bonds is 6. The minimum atomic E-state index is 0.391. The molecular weight excluding hydrogens is 178 g/mol. The first-order valence-corrected chi connectivity index (χ1v) is 5.86. The summed E-state index contributed by atoms with van der Waals surface area (Å²) in [5, 5.41) is 2.04. The van der Waals surface area contributed by atoms with Crippen LogP contribution in [0.25, 0.3) is 0 Å². The molecule has 14 heavy (non-hydrogen) atoms. The Morgan fingerprint density at radius 1 is 1.36 bits per heavy atom. The maximum atomic E-state index is 5.68. The summed E-state index contributed by atoms with van der Waals surface area (Å²) in [6.45, 7) is 7.70. The molecule has 0 spiro atoms. The predicted molar refractivity (Wildman–Crippen MR) is 57.1 cm³/mol. The van der Waals surface area contributed by atoms with Crippen LogP contribution in [-0.2, 0) is 9.57 Å². The van der Waals surface area contributed by atoms with Gasteiger partial charge >= 0.3 is 0 Å². The number of hydrogen-bond acceptors (Lipinski definition) is 3. The molecule has 0 amide bonds. The quantitative estimate of drug-likeness (QED) is 0.615. The van der Waals surface area contributed by atoms with Crippen LogP contribution in [0.1, 0.15) is 39.5 Å². The maximum absolute atomic E-state index is 5.68. The lowest BCUT2D eigenvalue weighted by atomic mass is 10.1. The Balaban J connectivity index is 2.12. The number of hydroxylamine groups is 2. The number of ether oxygens (including phenoxy) is 1. The molecule has 1 unspecified atom stereocenters. The van der Waals surface area contributed by atoms with E-state index < -0.39 is 0 Å². The van der Waals surface area contributed by atoms with Crippen molar-refractivity contribution >= 4 is 0 Å². The monoisotopic (exact) mass is 201 g/mol. The van der Waals surface area contributed by atoms with Gasteiger partial charge in [0.15, 0.2) is 0 Å². The summed E-state index contributed by atoms with van der Waals surface area (Å²) < 4.78 is 5.68. The van der Waals surface area contributed by atoms with Crippen LogP contribution in [0, 0.1) is 0 Å². The molecule has 0 radical (unpaired) electrons. The van der Waals surface area contributed by atoms with E-state index in [0.29, 0.717) is 6.10 Å². The van der Waals surface area contributed by atoms with Gasteiger partial charge < -0.3 is 4.74 Å². The third-order valence-electron chi connectivity index (χ3n) is 2.54. The summed E-state index contributed by atoms with van der Waals surface area (Å²) >= 11 is 0. The normalized spacial score (nSPS) is 24.0. The number of morpholine rings is 1. The zero-order valence-electron chi connectivity index (χ0n) is 9.50. The van der Waals surface area contributed by atoms with Crippen molar-refractivity contribution < 1.29 is 9.57 Å². The van der Waals surface area contributed by atoms with E-state index in [1.807, 2.05) is 12.0 Å². The topological polar surface area (TPSA) is 21.7 Å². The summed E-state index contributed by atoms with van der Waals surface area (Å²) in [5.74, 6) is 0. The average Bonchev–Trinajstić information content (AvgIpc) is 2.19. The predicted octanol–water partition coefficient (Wildman–Crippen LogP) is 2.22. The van der Waals surface area contributed by atoms with Crippen molar-refractivity contribution in [2.45, 2.75) is 45.6 Å². The molecule has 0 saturated carbocycles. The van der Waals surface area contributed by atoms with Gasteiger partial charge in [0.25, 0.3) is 0 Å². The van der Waals surface area contributed by atoms with Crippen LogP contribution in [0.15, 0.2) is 0 Å². The van der Waals surface area contributed by atoms with Gasteiger partial charge in [0.2, 0.25) is 0 Å². The van der Waals surface area contributed by atoms with Gasteiger partial charge in [-0.1, -0.05) is 26.2 Å². The van der Waals surface area contributed by atoms with Gasteiger partial charge in [-0.05, 0) is 13.3 Å². The van der Waals surface area contributed by atoms with Crippen LogP contribution in [-0.4, -0.2) is 37.5 Å². The Hall–Kier alpha value is -0.120. The van der Waals surface area contributed by atoms with Crippen molar-refractivity contribution in [3.63, 3.8) is 0 Å². The minimum absolute atomic E-state index is 0.391. The second-order valence-corrected chi connectivity index (χ2v) is 3.79. The van der Waals surface area contributed by atoms with E-state index in [0.717, 1.165) is 26.3 Å². The first-order chi connectivity index (χ1) is 6.86. The van der Waals surface area contributed by atoms with Crippen molar-refractivity contribution in [2.24, 2.45) is 0 Å². The average molecular weight is 201 g/mol. The van der Waals surface area contributed by atoms with E-state index >= 15 is 0 Å². The Morgan fingerprint density at radius 2 is 2.21 bits per heavy atom. The van der Waals surface area contributed by atoms with Crippen molar-refractivity contribution in [3.8, 4) is 0 Å². The van der Waals surface area contributed by atoms with Crippen molar-refractivity contribution in [2.75, 3.05) is 26.3 Å². The summed E-state index contributed by atoms with van der Waals surface area (Å²) in [5.41, 5.74) is 0. The second kappa shape index (κ2) is 7.21. The molecule has 0 aromatic heterocycles. The standard InChI is InChI=1S/C11H23NO2/c1-3-5-6-7-11-10-12(14-4-2)8-9-13-11/h11H,3-10H2,1-2H3. The Kier molecular flexibility index (Phi) is 6.15. The summed E-state index contributed by atoms with van der Waals surface area (Å²) in [4.78, 5) is 5.47. The van der Waals surface area contributed by atoms with E-state index in [1.165, 1.54) is 25.7 Å². The van der Waals surface area contributed by atoms with Crippen molar-refractivity contribution in [1.82, 2.24) is 5.06 Å². The van der Waals surface area contributed by atoms with Crippen molar-refractivity contribution in [3.05, 3.63) is 0 Å². The van der Waals surface area contributed by atoms with Crippen LogP contribution >= 0.6 is 0 Å². The van der Waals surface area contributed by atoms with E-state index in [-0.39, 0.29) is 0 Å². The van der Waals surface area contributed by atoms with Gasteiger partial charge in [-0.2, -0.15) is 5.06 Å². The zero-order chi connectivity index (χ0) is 10.2. The molecule has 1 saturated heterocycles. The van der Waals surface area contributed by atoms with Crippen LogP contribution in [0.4, 0.5) is 0 Å². The van der Waals surface area contributed by atoms with Crippen LogP contribution in [0.5, 0.6) is 0 Å². The molecule has 3 heteroatoms. The van der Waals surface area contributed by atoms with E-state index in [1.54, 1.807) is 0 Å². The molecule has 0 N–H and O–H groups in total. The van der Waals surface area contributed by atoms with Gasteiger partial charge in [-0.15, -0.1) is 0 Å². The molecule has 0 aromatic carbocycles. The van der Waals surface area contributed by atoms with Crippen LogP contribution in [0.3, 0.4) is 0 Å². The number of unbranched alkanes of at least 4 members (excludes halogenated alkanes) is 2. The van der Waals surface area contributed by atoms with E-state index in [4.69, 9.17) is 9.57 Å². The molecule has 1 fully saturated rings. The highest BCUT2D eigenvalue weighted by atomic mass is 16.7. The largest absolute Gasteiger partial charge is 0.375 e. The third kappa shape index (κ3) is 4.40. The molecule has 1 aliphatic heterocycles. The SMILES string of the molecule is CCCCCC1CN(OCC)CCO1. The van der Waals surface area contributed by atoms with Crippen LogP contribution in [0.2, 0.25) is 0 Å². The first-order valence-electron chi connectivity index (χ1n) is 5.86. The number of hydrogen-bond donors (Lipinski definition) is 0. The fraction of sp³-hybridized carbons (Fsp3) is 1.00. The summed E-state index contributed by atoms with van der Waals surface area (Å²) in [6, 6.07) is 0. The number of nitrogens with zero attached hydrogens (tertiary/aromatic N) is 1. The Labute approximate surface area is 87.3 Å². The first kappa shape index (κ1) is 12.0. The zero-order valence-corrected chi connectivity index (χ0v) is 9.50. The molecule has 84 valence electrons. The van der Waals surface area contributed by atoms with E-state index in [9.17, 15) is 0 Å². The van der Waals surface area contributed by atoms with E-state index in [2.05, 4.69) is 6.92 Å². The minimum Gasteiger partial charge on any atom is -0.375 e. The molecule has 0 aliphatic carbocycles. The van der Waals surface area contributed by atoms with Gasteiger partial charge in [-0.3, -0.25) is 4.84 Å². The Morgan fingerprint density at radius 3 is 2.93 bits per heavy atom. The highest BCUT2D eigenvalue weighted by Crippen LogP contribution is 2.12. The molecule has 1 atom stereocenters. The molecule has 1 aliphatic rings. The van der Waals surface area contributed by atoms with Gasteiger partial charge in [0, 0.05) is 6.54 Å². The highest BCUT2D eigenvalue weighted by Gasteiger charge is 2.19. The molecule has 0 bridgehead atoms. The molecule has 1 heterocycles. The van der Waals surface area contributed by atoms with Gasteiger partial charge in [-0.25, -0.2) is 0 Å². The third-order valence-corrected chi connectivity index (χ3v) is 2.54. The lowest BCUT2D eigenvalue weighted by Crippen LogP contribution is -2.42. The lowest BCUT2D eigenvalue weighted by Gasteiger charge is -2.31. The Bertz CT molecular complexity index is 139. The smallest absolute Gasteiger partial charge is 0.0726 e. The molecular formula is C11H23NO2. The fourth-order valence-electron chi connectivity index (χ4n) is 1.79. The lowest BCUT2D eigenvalue weighted by molar-refractivity contribution is -0.209. The summed E-state index contributed by atoms with van der Waals surface area (Å²) in [7, 11) is 0. The fourth-order valence-corrected chi connectivity index (χ4v) is 1.79. The molecule has 3 nitrogen and oxygen atoms in total. The highest BCUT2D eigenvalue weighted by molar-refractivity contribution is 4.66. The molecule has 1 rings (SSSR count). The van der Waals surface area contributed by atoms with Gasteiger partial charge in [0.1, 0.15) is 0 Å². The second-order valence-electron chi connectivity index (χ2n) is 3.79. The van der Waals surface area contributed by atoms with Gasteiger partial charge in [0.05, 0.1) is 25.9 Å². The van der Waals surface area contributed by atoms with Crippen LogP contribution < -0.4 is 0 Å². The maximum Gasteiger partial charge on any atom is 0.0726 e.